The van der Waals surface area contributed by atoms with Gasteiger partial charge in [0.1, 0.15) is 5.84 Å². The average Bonchev–Trinajstić information content (AvgIpc) is 2.14. The van der Waals surface area contributed by atoms with Gasteiger partial charge >= 0.3 is 0 Å². The highest BCUT2D eigenvalue weighted by atomic mass is 35.5. The number of nitrogens with two attached hydrogens (primary N) is 1. The van der Waals surface area contributed by atoms with Crippen LogP contribution >= 0.6 is 23.4 Å². The summed E-state index contributed by atoms with van der Waals surface area (Å²) < 4.78 is 0. The molecule has 0 spiro atoms. The Morgan fingerprint density at radius 1 is 1.57 bits per heavy atom. The molecule has 0 bridgehead atoms. The molecule has 0 amide bonds. The molecule has 1 aromatic rings. The second-order valence-electron chi connectivity index (χ2n) is 2.63. The minimum atomic E-state index is 0.0158. The molecule has 0 aliphatic carbocycles. The second-order valence-corrected chi connectivity index (χ2v) is 4.20. The Hall–Kier alpha value is -0.710. The highest BCUT2D eigenvalue weighted by Gasteiger charge is 2.06. The molecule has 0 unspecified atom stereocenters. The van der Waals surface area contributed by atoms with Crippen LogP contribution < -0.4 is 5.73 Å². The zero-order chi connectivity index (χ0) is 10.6. The van der Waals surface area contributed by atoms with Crippen LogP contribution in [0.1, 0.15) is 5.56 Å². The number of hydrogen-bond donors (Lipinski definition) is 3. The number of nitrogens with one attached hydrogen (secondary N) is 1. The Kier molecular flexibility index (Phi) is 4.25. The molecule has 1 rings (SSSR count). The standard InChI is InChI=1S/C9H11ClN2OS/c10-6-1-2-7(9(11)12)8(5-6)14-4-3-13/h1-2,5,13H,3-4H2,(H3,11,12). The van der Waals surface area contributed by atoms with E-state index in [1.165, 1.54) is 11.8 Å². The normalized spacial score (nSPS) is 10.1. The highest BCUT2D eigenvalue weighted by Crippen LogP contribution is 2.25. The van der Waals surface area contributed by atoms with Crippen LogP contribution in [0, 0.1) is 5.41 Å². The molecule has 4 N–H and O–H groups in total. The summed E-state index contributed by atoms with van der Waals surface area (Å²) in [6.45, 7) is 0.0918. The summed E-state index contributed by atoms with van der Waals surface area (Å²) in [6, 6.07) is 5.16. The van der Waals surface area contributed by atoms with Gasteiger partial charge in [-0.3, -0.25) is 5.41 Å². The van der Waals surface area contributed by atoms with E-state index in [4.69, 9.17) is 27.9 Å². The van der Waals surface area contributed by atoms with Crippen molar-refractivity contribution in [3.8, 4) is 0 Å². The summed E-state index contributed by atoms with van der Waals surface area (Å²) in [5.74, 6) is 0.586. The first-order chi connectivity index (χ1) is 6.65. The van der Waals surface area contributed by atoms with Gasteiger partial charge in [-0.05, 0) is 18.2 Å². The van der Waals surface area contributed by atoms with Crippen LogP contribution in [0.5, 0.6) is 0 Å². The fourth-order valence-corrected chi connectivity index (χ4v) is 2.09. The molecule has 0 fully saturated rings. The van der Waals surface area contributed by atoms with Crippen molar-refractivity contribution < 1.29 is 5.11 Å². The maximum Gasteiger partial charge on any atom is 0.123 e. The first kappa shape index (κ1) is 11.4. The van der Waals surface area contributed by atoms with E-state index in [-0.39, 0.29) is 12.4 Å². The highest BCUT2D eigenvalue weighted by molar-refractivity contribution is 7.99. The zero-order valence-corrected chi connectivity index (χ0v) is 9.03. The van der Waals surface area contributed by atoms with Crippen molar-refractivity contribution >= 4 is 29.2 Å². The van der Waals surface area contributed by atoms with Crippen LogP contribution in [0.25, 0.3) is 0 Å². The van der Waals surface area contributed by atoms with Crippen molar-refractivity contribution in [2.24, 2.45) is 5.73 Å². The topological polar surface area (TPSA) is 70.1 Å². The van der Waals surface area contributed by atoms with Crippen LogP contribution in [0.3, 0.4) is 0 Å². The van der Waals surface area contributed by atoms with Gasteiger partial charge in [-0.15, -0.1) is 11.8 Å². The zero-order valence-electron chi connectivity index (χ0n) is 7.46. The maximum atomic E-state index is 8.69. The molecule has 0 radical (unpaired) electrons. The first-order valence-electron chi connectivity index (χ1n) is 4.02. The van der Waals surface area contributed by atoms with E-state index in [0.717, 1.165) is 4.90 Å². The fraction of sp³-hybridized carbons (Fsp3) is 0.222. The number of rotatable bonds is 4. The van der Waals surface area contributed by atoms with E-state index in [0.29, 0.717) is 16.3 Å². The lowest BCUT2D eigenvalue weighted by atomic mass is 10.2. The Labute approximate surface area is 91.8 Å². The van der Waals surface area contributed by atoms with E-state index in [2.05, 4.69) is 0 Å². The smallest absolute Gasteiger partial charge is 0.123 e. The Bertz CT molecular complexity index is 344. The van der Waals surface area contributed by atoms with E-state index in [1.54, 1.807) is 18.2 Å². The molecule has 0 aliphatic heterocycles. The average molecular weight is 231 g/mol. The molecule has 0 atom stereocenters. The van der Waals surface area contributed by atoms with Gasteiger partial charge in [0.25, 0.3) is 0 Å². The maximum absolute atomic E-state index is 8.69. The quantitative estimate of drug-likeness (QED) is 0.419. The number of aliphatic hydroxyl groups is 1. The SMILES string of the molecule is N=C(N)c1ccc(Cl)cc1SCCO. The molecule has 0 aliphatic rings. The first-order valence-corrected chi connectivity index (χ1v) is 5.39. The molecule has 1 aromatic carbocycles. The van der Waals surface area contributed by atoms with Gasteiger partial charge in [0.2, 0.25) is 0 Å². The summed E-state index contributed by atoms with van der Waals surface area (Å²) in [6.07, 6.45) is 0. The molecule has 3 nitrogen and oxygen atoms in total. The van der Waals surface area contributed by atoms with Crippen molar-refractivity contribution in [2.45, 2.75) is 4.90 Å². The Balaban J connectivity index is 2.97. The lowest BCUT2D eigenvalue weighted by Crippen LogP contribution is -2.12. The lowest BCUT2D eigenvalue weighted by Gasteiger charge is -2.07. The summed E-state index contributed by atoms with van der Waals surface area (Å²) in [5, 5.41) is 16.6. The van der Waals surface area contributed by atoms with Crippen LogP contribution in [-0.2, 0) is 0 Å². The monoisotopic (exact) mass is 230 g/mol. The third kappa shape index (κ3) is 2.90. The van der Waals surface area contributed by atoms with Gasteiger partial charge in [0, 0.05) is 21.2 Å². The summed E-state index contributed by atoms with van der Waals surface area (Å²) in [5.41, 5.74) is 6.06. The van der Waals surface area contributed by atoms with Crippen molar-refractivity contribution in [3.05, 3.63) is 28.8 Å². The molecule has 14 heavy (non-hydrogen) atoms. The molecule has 0 saturated heterocycles. The number of thioether (sulfide) groups is 1. The van der Waals surface area contributed by atoms with Gasteiger partial charge in [-0.2, -0.15) is 0 Å². The Morgan fingerprint density at radius 3 is 2.86 bits per heavy atom. The van der Waals surface area contributed by atoms with Crippen LogP contribution in [0.15, 0.2) is 23.1 Å². The number of aliphatic hydroxyl groups excluding tert-OH is 1. The van der Waals surface area contributed by atoms with Crippen LogP contribution in [-0.4, -0.2) is 23.3 Å². The number of nitrogen functional groups attached to an aromatic ring is 1. The van der Waals surface area contributed by atoms with Gasteiger partial charge in [-0.25, -0.2) is 0 Å². The minimum absolute atomic E-state index is 0.0158. The molecule has 0 heterocycles. The van der Waals surface area contributed by atoms with Crippen molar-refractivity contribution in [2.75, 3.05) is 12.4 Å². The lowest BCUT2D eigenvalue weighted by molar-refractivity contribution is 0.322. The Morgan fingerprint density at radius 2 is 2.29 bits per heavy atom. The van der Waals surface area contributed by atoms with Crippen molar-refractivity contribution in [1.29, 1.82) is 5.41 Å². The van der Waals surface area contributed by atoms with Gasteiger partial charge in [-0.1, -0.05) is 11.6 Å². The third-order valence-electron chi connectivity index (χ3n) is 1.58. The predicted octanol–water partition coefficient (Wildman–Crippen LogP) is 1.71. The second kappa shape index (κ2) is 5.24. The molecule has 0 saturated carbocycles. The molecular weight excluding hydrogens is 220 g/mol. The van der Waals surface area contributed by atoms with E-state index >= 15 is 0 Å². The summed E-state index contributed by atoms with van der Waals surface area (Å²) in [7, 11) is 0. The number of amidine groups is 1. The number of halogens is 1. The van der Waals surface area contributed by atoms with Crippen molar-refractivity contribution in [3.63, 3.8) is 0 Å². The number of benzene rings is 1. The van der Waals surface area contributed by atoms with Gasteiger partial charge in [0.05, 0.1) is 6.61 Å². The third-order valence-corrected chi connectivity index (χ3v) is 2.85. The van der Waals surface area contributed by atoms with Crippen LogP contribution in [0.4, 0.5) is 0 Å². The number of hydrogen-bond acceptors (Lipinski definition) is 3. The largest absolute Gasteiger partial charge is 0.396 e. The fourth-order valence-electron chi connectivity index (χ4n) is 0.994. The molecular formula is C9H11ClN2OS. The molecule has 76 valence electrons. The minimum Gasteiger partial charge on any atom is -0.396 e. The van der Waals surface area contributed by atoms with E-state index in [1.807, 2.05) is 0 Å². The van der Waals surface area contributed by atoms with Gasteiger partial charge in [0.15, 0.2) is 0 Å². The van der Waals surface area contributed by atoms with E-state index in [9.17, 15) is 0 Å². The van der Waals surface area contributed by atoms with Crippen LogP contribution in [0.2, 0.25) is 5.02 Å². The summed E-state index contributed by atoms with van der Waals surface area (Å²) >= 11 is 7.25. The predicted molar refractivity (Wildman–Crippen MR) is 60.3 cm³/mol. The van der Waals surface area contributed by atoms with E-state index < -0.39 is 0 Å². The molecule has 0 aromatic heterocycles. The van der Waals surface area contributed by atoms with Crippen molar-refractivity contribution in [1.82, 2.24) is 0 Å². The summed E-state index contributed by atoms with van der Waals surface area (Å²) in [4.78, 5) is 0.832. The molecule has 5 heteroatoms. The van der Waals surface area contributed by atoms with Gasteiger partial charge < -0.3 is 10.8 Å².